The first-order valence-electron chi connectivity index (χ1n) is 6.45. The summed E-state index contributed by atoms with van der Waals surface area (Å²) in [5, 5.41) is 0. The van der Waals surface area contributed by atoms with Gasteiger partial charge in [0.15, 0.2) is 0 Å². The van der Waals surface area contributed by atoms with Crippen LogP contribution in [0.5, 0.6) is 0 Å². The lowest BCUT2D eigenvalue weighted by Crippen LogP contribution is -2.51. The molecule has 5 heteroatoms. The van der Waals surface area contributed by atoms with Crippen molar-refractivity contribution >= 4 is 10.0 Å². The van der Waals surface area contributed by atoms with Gasteiger partial charge in [0.2, 0.25) is 10.0 Å². The van der Waals surface area contributed by atoms with Crippen molar-refractivity contribution in [1.29, 1.82) is 0 Å². The normalized spacial score (nSPS) is 15.5. The number of likely N-dealkylation sites (N-methyl/N-ethyl adjacent to an activating group) is 1. The molecule has 108 valence electrons. The first kappa shape index (κ1) is 16.1. The van der Waals surface area contributed by atoms with Crippen molar-refractivity contribution in [3.05, 3.63) is 29.3 Å². The minimum atomic E-state index is -3.51. The Balaban J connectivity index is 3.31. The lowest BCUT2D eigenvalue weighted by atomic mass is 10.00. The highest BCUT2D eigenvalue weighted by molar-refractivity contribution is 7.89. The molecule has 1 rings (SSSR count). The van der Waals surface area contributed by atoms with Crippen LogP contribution in [0, 0.1) is 13.8 Å². The van der Waals surface area contributed by atoms with Crippen molar-refractivity contribution in [2.24, 2.45) is 5.73 Å². The Morgan fingerprint density at radius 3 is 2.32 bits per heavy atom. The van der Waals surface area contributed by atoms with Crippen LogP contribution in [0.1, 0.15) is 31.4 Å². The molecule has 2 N–H and O–H groups in total. The summed E-state index contributed by atoms with van der Waals surface area (Å²) in [7, 11) is -1.91. The maximum Gasteiger partial charge on any atom is 0.243 e. The molecule has 1 aromatic rings. The van der Waals surface area contributed by atoms with Gasteiger partial charge in [-0.05, 0) is 38.8 Å². The summed E-state index contributed by atoms with van der Waals surface area (Å²) in [5.41, 5.74) is 7.01. The van der Waals surface area contributed by atoms with Gasteiger partial charge in [-0.25, -0.2) is 8.42 Å². The molecule has 0 spiro atoms. The number of hydrogen-bond donors (Lipinski definition) is 1. The zero-order valence-corrected chi connectivity index (χ0v) is 13.2. The molecule has 1 atom stereocenters. The van der Waals surface area contributed by atoms with Gasteiger partial charge in [0.05, 0.1) is 4.90 Å². The van der Waals surface area contributed by atoms with Crippen LogP contribution in [0.25, 0.3) is 0 Å². The average Bonchev–Trinajstić information content (AvgIpc) is 2.36. The molecule has 19 heavy (non-hydrogen) atoms. The molecular formula is C14H24N2O2S. The van der Waals surface area contributed by atoms with E-state index in [2.05, 4.69) is 0 Å². The fourth-order valence-electron chi connectivity index (χ4n) is 2.02. The molecule has 0 heterocycles. The average molecular weight is 284 g/mol. The molecule has 0 amide bonds. The predicted molar refractivity (Wildman–Crippen MR) is 78.6 cm³/mol. The molecule has 0 radical (unpaired) electrons. The first-order chi connectivity index (χ1) is 8.69. The predicted octanol–water partition coefficient (Wildman–Crippen LogP) is 2.05. The highest BCUT2D eigenvalue weighted by Crippen LogP contribution is 2.27. The van der Waals surface area contributed by atoms with Gasteiger partial charge in [-0.15, -0.1) is 0 Å². The Morgan fingerprint density at radius 1 is 1.32 bits per heavy atom. The summed E-state index contributed by atoms with van der Waals surface area (Å²) >= 11 is 0. The number of sulfonamides is 1. The van der Waals surface area contributed by atoms with Gasteiger partial charge in [-0.1, -0.05) is 24.6 Å². The molecule has 1 unspecified atom stereocenters. The van der Waals surface area contributed by atoms with Gasteiger partial charge in [-0.2, -0.15) is 4.31 Å². The third-order valence-electron chi connectivity index (χ3n) is 3.93. The van der Waals surface area contributed by atoms with E-state index in [9.17, 15) is 8.42 Å². The Morgan fingerprint density at radius 2 is 1.89 bits per heavy atom. The van der Waals surface area contributed by atoms with Crippen LogP contribution in [0.4, 0.5) is 0 Å². The summed E-state index contributed by atoms with van der Waals surface area (Å²) < 4.78 is 26.8. The van der Waals surface area contributed by atoms with E-state index < -0.39 is 15.6 Å². The minimum Gasteiger partial charge on any atom is -0.329 e. The number of rotatable bonds is 5. The van der Waals surface area contributed by atoms with E-state index in [-0.39, 0.29) is 0 Å². The number of hydrogen-bond acceptors (Lipinski definition) is 3. The molecular weight excluding hydrogens is 260 g/mol. The van der Waals surface area contributed by atoms with Crippen molar-refractivity contribution in [3.8, 4) is 0 Å². The zero-order chi connectivity index (χ0) is 14.8. The van der Waals surface area contributed by atoms with Crippen LogP contribution in [0.3, 0.4) is 0 Å². The maximum absolute atomic E-state index is 12.7. The van der Waals surface area contributed by atoms with E-state index in [0.717, 1.165) is 11.1 Å². The Labute approximate surface area is 116 Å². The van der Waals surface area contributed by atoms with Gasteiger partial charge in [0, 0.05) is 19.1 Å². The molecule has 0 bridgehead atoms. The second kappa shape index (κ2) is 5.61. The van der Waals surface area contributed by atoms with Crippen molar-refractivity contribution in [3.63, 3.8) is 0 Å². The van der Waals surface area contributed by atoms with Gasteiger partial charge in [0.1, 0.15) is 0 Å². The van der Waals surface area contributed by atoms with Crippen molar-refractivity contribution in [1.82, 2.24) is 4.31 Å². The number of aryl methyl sites for hydroxylation is 2. The smallest absolute Gasteiger partial charge is 0.243 e. The molecule has 0 saturated heterocycles. The second-order valence-electron chi connectivity index (χ2n) is 5.30. The Kier molecular flexibility index (Phi) is 4.76. The Bertz CT molecular complexity index is 549. The molecule has 0 aliphatic rings. The number of nitrogens with zero attached hydrogens (tertiary/aromatic N) is 1. The second-order valence-corrected chi connectivity index (χ2v) is 7.23. The summed E-state index contributed by atoms with van der Waals surface area (Å²) in [5.74, 6) is 0. The zero-order valence-electron chi connectivity index (χ0n) is 12.4. The van der Waals surface area contributed by atoms with E-state index >= 15 is 0 Å². The fraction of sp³-hybridized carbons (Fsp3) is 0.571. The fourth-order valence-corrected chi connectivity index (χ4v) is 3.81. The van der Waals surface area contributed by atoms with Crippen molar-refractivity contribution in [2.45, 2.75) is 44.6 Å². The molecule has 1 aromatic carbocycles. The molecule has 4 nitrogen and oxygen atoms in total. The minimum absolute atomic E-state index is 0.296. The van der Waals surface area contributed by atoms with Crippen LogP contribution in [-0.2, 0) is 10.0 Å². The van der Waals surface area contributed by atoms with Gasteiger partial charge >= 0.3 is 0 Å². The summed E-state index contributed by atoms with van der Waals surface area (Å²) in [6, 6.07) is 5.37. The maximum atomic E-state index is 12.7. The van der Waals surface area contributed by atoms with Crippen LogP contribution >= 0.6 is 0 Å². The van der Waals surface area contributed by atoms with E-state index in [1.807, 2.05) is 39.8 Å². The quantitative estimate of drug-likeness (QED) is 0.900. The van der Waals surface area contributed by atoms with Gasteiger partial charge in [-0.3, -0.25) is 0 Å². The Hall–Kier alpha value is -0.910. The highest BCUT2D eigenvalue weighted by Gasteiger charge is 2.35. The molecule has 0 saturated carbocycles. The third kappa shape index (κ3) is 2.99. The van der Waals surface area contributed by atoms with Crippen LogP contribution in [-0.4, -0.2) is 31.9 Å². The molecule has 0 aromatic heterocycles. The topological polar surface area (TPSA) is 63.4 Å². The van der Waals surface area contributed by atoms with Crippen LogP contribution in [0.15, 0.2) is 23.1 Å². The van der Waals surface area contributed by atoms with E-state index in [1.165, 1.54) is 4.31 Å². The van der Waals surface area contributed by atoms with Crippen molar-refractivity contribution in [2.75, 3.05) is 13.6 Å². The summed E-state index contributed by atoms with van der Waals surface area (Å²) in [6.07, 6.45) is 0.671. The number of nitrogens with two attached hydrogens (primary N) is 1. The SMILES string of the molecule is CCC(C)(CN)N(C)S(=O)(=O)c1ccc(C)cc1C. The van der Waals surface area contributed by atoms with E-state index in [0.29, 0.717) is 17.9 Å². The monoisotopic (exact) mass is 284 g/mol. The third-order valence-corrected chi connectivity index (χ3v) is 6.11. The standard InChI is InChI=1S/C14H24N2O2S/c1-6-14(4,10-15)16(5)19(17,18)13-8-7-11(2)9-12(13)3/h7-9H,6,10,15H2,1-5H3. The highest BCUT2D eigenvalue weighted by atomic mass is 32.2. The molecule has 0 aliphatic heterocycles. The van der Waals surface area contributed by atoms with Crippen molar-refractivity contribution < 1.29 is 8.42 Å². The lowest BCUT2D eigenvalue weighted by molar-refractivity contribution is 0.240. The lowest BCUT2D eigenvalue weighted by Gasteiger charge is -2.36. The number of benzene rings is 1. The molecule has 0 aliphatic carbocycles. The summed E-state index contributed by atoms with van der Waals surface area (Å²) in [4.78, 5) is 0.355. The van der Waals surface area contributed by atoms with Gasteiger partial charge < -0.3 is 5.73 Å². The largest absolute Gasteiger partial charge is 0.329 e. The molecule has 0 fully saturated rings. The van der Waals surface area contributed by atoms with Crippen LogP contribution in [0.2, 0.25) is 0 Å². The summed E-state index contributed by atoms with van der Waals surface area (Å²) in [6.45, 7) is 7.88. The van der Waals surface area contributed by atoms with Gasteiger partial charge in [0.25, 0.3) is 0 Å². The van der Waals surface area contributed by atoms with E-state index in [4.69, 9.17) is 5.73 Å². The van der Waals surface area contributed by atoms with Crippen LogP contribution < -0.4 is 5.73 Å². The van der Waals surface area contributed by atoms with E-state index in [1.54, 1.807) is 13.1 Å². The first-order valence-corrected chi connectivity index (χ1v) is 7.89.